The minimum Gasteiger partial charge on any atom is -0.481 e. The lowest BCUT2D eigenvalue weighted by molar-refractivity contribution is -0.139. The lowest BCUT2D eigenvalue weighted by Crippen LogP contribution is -2.19. The van der Waals surface area contributed by atoms with E-state index in [0.29, 0.717) is 34.4 Å². The summed E-state index contributed by atoms with van der Waals surface area (Å²) in [5.74, 6) is -0.534. The molecule has 0 aliphatic carbocycles. The lowest BCUT2D eigenvalue weighted by Gasteiger charge is -2.13. The number of nitrogens with one attached hydrogen (secondary N) is 1. The van der Waals surface area contributed by atoms with Crippen LogP contribution in [-0.4, -0.2) is 53.0 Å². The molecule has 0 bridgehead atoms. The van der Waals surface area contributed by atoms with E-state index in [0.717, 1.165) is 5.69 Å². The average molecular weight is 532 g/mol. The van der Waals surface area contributed by atoms with E-state index in [1.54, 1.807) is 35.2 Å². The highest BCUT2D eigenvalue weighted by Crippen LogP contribution is 2.35. The van der Waals surface area contributed by atoms with E-state index in [-0.39, 0.29) is 18.2 Å². The van der Waals surface area contributed by atoms with E-state index in [1.807, 2.05) is 44.2 Å². The maximum absolute atomic E-state index is 13.7. The molecule has 0 fully saturated rings. The number of hydrogen-bond donors (Lipinski definition) is 4. The fourth-order valence-electron chi connectivity index (χ4n) is 4.09. The number of anilines is 2. The van der Waals surface area contributed by atoms with Crippen LogP contribution in [0.25, 0.3) is 28.8 Å². The van der Waals surface area contributed by atoms with Gasteiger partial charge in [0.15, 0.2) is 0 Å². The van der Waals surface area contributed by atoms with Crippen LogP contribution >= 0.6 is 0 Å². The number of halogens is 1. The van der Waals surface area contributed by atoms with Crippen LogP contribution in [0.1, 0.15) is 38.4 Å². The van der Waals surface area contributed by atoms with Gasteiger partial charge in [0.25, 0.3) is 0 Å². The predicted octanol–water partition coefficient (Wildman–Crippen LogP) is 5.07. The van der Waals surface area contributed by atoms with Gasteiger partial charge in [-0.15, -0.1) is 0 Å². The Balaban J connectivity index is 1.80. The molecule has 2 heterocycles. The number of carbonyl (C=O) groups is 1. The van der Waals surface area contributed by atoms with Gasteiger partial charge >= 0.3 is 5.97 Å². The summed E-state index contributed by atoms with van der Waals surface area (Å²) in [6.45, 7) is 3.95. The molecule has 2 atom stereocenters. The number of aliphatic hydroxyl groups is 2. The van der Waals surface area contributed by atoms with Crippen molar-refractivity contribution < 1.29 is 24.5 Å². The van der Waals surface area contributed by atoms with Gasteiger partial charge in [0.05, 0.1) is 35.7 Å². The van der Waals surface area contributed by atoms with Gasteiger partial charge in [-0.05, 0) is 48.5 Å². The molecule has 0 radical (unpaired) electrons. The van der Waals surface area contributed by atoms with Crippen LogP contribution in [0.2, 0.25) is 0 Å². The first-order valence-corrected chi connectivity index (χ1v) is 12.5. The molecule has 4 aromatic rings. The van der Waals surface area contributed by atoms with Gasteiger partial charge < -0.3 is 25.2 Å². The van der Waals surface area contributed by atoms with Crippen molar-refractivity contribution in [3.63, 3.8) is 0 Å². The molecule has 0 amide bonds. The number of nitrogens with zero attached hydrogens (tertiary/aromatic N) is 4. The summed E-state index contributed by atoms with van der Waals surface area (Å²) < 4.78 is 15.5. The Labute approximate surface area is 225 Å². The van der Waals surface area contributed by atoms with Gasteiger partial charge in [0.1, 0.15) is 11.6 Å². The Kier molecular flexibility index (Phi) is 8.80. The second-order valence-corrected chi connectivity index (χ2v) is 9.35. The fraction of sp³-hybridized carbons (Fsp3) is 0.241. The molecule has 39 heavy (non-hydrogen) atoms. The molecule has 2 aromatic heterocycles. The number of para-hydroxylation sites is 1. The van der Waals surface area contributed by atoms with Gasteiger partial charge in [-0.1, -0.05) is 32.0 Å². The highest BCUT2D eigenvalue weighted by atomic mass is 19.1. The van der Waals surface area contributed by atoms with E-state index < -0.39 is 24.6 Å². The maximum Gasteiger partial charge on any atom is 0.305 e. The minimum atomic E-state index is -1.20. The van der Waals surface area contributed by atoms with Gasteiger partial charge in [0, 0.05) is 36.0 Å². The monoisotopic (exact) mass is 531 g/mol. The van der Waals surface area contributed by atoms with Gasteiger partial charge in [-0.2, -0.15) is 0 Å². The normalized spacial score (nSPS) is 13.1. The molecule has 0 unspecified atom stereocenters. The Morgan fingerprint density at radius 2 is 1.77 bits per heavy atom. The van der Waals surface area contributed by atoms with Crippen molar-refractivity contribution in [2.45, 2.75) is 44.8 Å². The highest BCUT2D eigenvalue weighted by Gasteiger charge is 2.23. The molecule has 0 saturated carbocycles. The molecule has 10 heteroatoms. The summed E-state index contributed by atoms with van der Waals surface area (Å²) in [5.41, 5.74) is 3.18. The number of aliphatic carboxylic acids is 1. The number of aliphatic hydroxyl groups excluding tert-OH is 2. The number of carboxylic acid groups (broad SMARTS) is 1. The summed E-state index contributed by atoms with van der Waals surface area (Å²) in [5, 5.41) is 32.5. The number of carboxylic acids is 1. The van der Waals surface area contributed by atoms with Crippen LogP contribution in [-0.2, 0) is 4.79 Å². The zero-order valence-corrected chi connectivity index (χ0v) is 21.6. The number of rotatable bonds is 11. The predicted molar refractivity (Wildman–Crippen MR) is 147 cm³/mol. The van der Waals surface area contributed by atoms with Gasteiger partial charge in [-0.25, -0.2) is 19.3 Å². The lowest BCUT2D eigenvalue weighted by atomic mass is 10.1. The Morgan fingerprint density at radius 3 is 2.44 bits per heavy atom. The molecule has 2 aromatic carbocycles. The summed E-state index contributed by atoms with van der Waals surface area (Å²) in [4.78, 5) is 24.8. The standard InChI is InChI=1S/C29H30FN5O4/c1-18(2)28-34-26(19-8-10-20(30)11-9-19)27(35(28)15-13-22(36)16-23(37)17-25(38)39)24-12-14-31-29(33-24)32-21-6-4-3-5-7-21/h3-15,18,22-23,36-37H,16-17H2,1-2H3,(H,38,39)(H,31,32,33)/t22-,23-/m1/s1. The Bertz CT molecular complexity index is 1440. The molecule has 0 aliphatic heterocycles. The van der Waals surface area contributed by atoms with Crippen molar-refractivity contribution in [1.82, 2.24) is 19.5 Å². The van der Waals surface area contributed by atoms with E-state index in [2.05, 4.69) is 10.3 Å². The first-order valence-electron chi connectivity index (χ1n) is 12.5. The van der Waals surface area contributed by atoms with Crippen LogP contribution in [0, 0.1) is 5.82 Å². The molecule has 0 saturated heterocycles. The van der Waals surface area contributed by atoms with Gasteiger partial charge in [0.2, 0.25) is 5.95 Å². The first kappa shape index (κ1) is 27.6. The van der Waals surface area contributed by atoms with Crippen LogP contribution in [0.15, 0.2) is 72.9 Å². The van der Waals surface area contributed by atoms with E-state index in [4.69, 9.17) is 15.1 Å². The second kappa shape index (κ2) is 12.4. The third kappa shape index (κ3) is 7.13. The molecule has 0 spiro atoms. The summed E-state index contributed by atoms with van der Waals surface area (Å²) in [6, 6.07) is 17.2. The SMILES string of the molecule is CC(C)c1nc(-c2ccc(F)cc2)c(-c2ccnc(Nc3ccccc3)n2)n1C=C[C@@H](O)C[C@@H](O)CC(=O)O. The number of aromatic nitrogens is 4. The van der Waals surface area contributed by atoms with E-state index >= 15 is 0 Å². The molecule has 4 rings (SSSR count). The average Bonchev–Trinajstić information content (AvgIpc) is 3.28. The maximum atomic E-state index is 13.7. The molecular formula is C29H30FN5O4. The van der Waals surface area contributed by atoms with E-state index in [1.165, 1.54) is 18.2 Å². The summed E-state index contributed by atoms with van der Waals surface area (Å²) in [7, 11) is 0. The highest BCUT2D eigenvalue weighted by molar-refractivity contribution is 5.79. The second-order valence-electron chi connectivity index (χ2n) is 9.35. The third-order valence-electron chi connectivity index (χ3n) is 5.88. The minimum absolute atomic E-state index is 0.0407. The van der Waals surface area contributed by atoms with Crippen molar-refractivity contribution in [3.05, 3.63) is 84.6 Å². The van der Waals surface area contributed by atoms with Crippen molar-refractivity contribution >= 4 is 23.8 Å². The smallest absolute Gasteiger partial charge is 0.305 e. The van der Waals surface area contributed by atoms with Crippen LogP contribution in [0.4, 0.5) is 16.0 Å². The van der Waals surface area contributed by atoms with Crippen LogP contribution in [0.3, 0.4) is 0 Å². The van der Waals surface area contributed by atoms with Crippen LogP contribution < -0.4 is 5.32 Å². The Morgan fingerprint density at radius 1 is 1.05 bits per heavy atom. The fourth-order valence-corrected chi connectivity index (χ4v) is 4.09. The summed E-state index contributed by atoms with van der Waals surface area (Å²) in [6.07, 6.45) is 1.81. The number of benzene rings is 2. The molecular weight excluding hydrogens is 501 g/mol. The zero-order valence-electron chi connectivity index (χ0n) is 21.6. The molecule has 9 nitrogen and oxygen atoms in total. The molecule has 202 valence electrons. The van der Waals surface area contributed by atoms with Crippen molar-refractivity contribution in [2.75, 3.05) is 5.32 Å². The van der Waals surface area contributed by atoms with Crippen molar-refractivity contribution in [3.8, 4) is 22.6 Å². The van der Waals surface area contributed by atoms with Crippen molar-refractivity contribution in [1.29, 1.82) is 0 Å². The number of imidazole rings is 1. The molecule has 4 N–H and O–H groups in total. The van der Waals surface area contributed by atoms with Gasteiger partial charge in [-0.3, -0.25) is 4.79 Å². The summed E-state index contributed by atoms with van der Waals surface area (Å²) >= 11 is 0. The topological polar surface area (TPSA) is 133 Å². The van der Waals surface area contributed by atoms with Crippen LogP contribution in [0.5, 0.6) is 0 Å². The third-order valence-corrected chi connectivity index (χ3v) is 5.88. The first-order chi connectivity index (χ1) is 18.7. The molecule has 0 aliphatic rings. The van der Waals surface area contributed by atoms with Crippen molar-refractivity contribution in [2.24, 2.45) is 0 Å². The Hall–Kier alpha value is -4.41. The van der Waals surface area contributed by atoms with E-state index in [9.17, 15) is 19.4 Å². The largest absolute Gasteiger partial charge is 0.481 e. The quantitative estimate of drug-likeness (QED) is 0.211. The zero-order chi connectivity index (χ0) is 27.9. The number of hydrogen-bond acceptors (Lipinski definition) is 7.